The third kappa shape index (κ3) is 2.69. The Labute approximate surface area is 98.8 Å². The Morgan fingerprint density at radius 1 is 1.29 bits per heavy atom. The number of ketones is 1. The van der Waals surface area contributed by atoms with Crippen LogP contribution in [-0.2, 0) is 11.2 Å². The summed E-state index contributed by atoms with van der Waals surface area (Å²) in [7, 11) is 0. The lowest BCUT2D eigenvalue weighted by molar-refractivity contribution is -0.122. The number of carbonyl (C=O) groups is 1. The van der Waals surface area contributed by atoms with E-state index in [0.29, 0.717) is 6.42 Å². The minimum absolute atomic E-state index is 0.0504. The molecule has 1 aromatic rings. The molecule has 2 unspecified atom stereocenters. The van der Waals surface area contributed by atoms with Crippen molar-refractivity contribution in [2.24, 2.45) is 11.7 Å². The van der Waals surface area contributed by atoms with Gasteiger partial charge in [-0.05, 0) is 31.4 Å². The van der Waals surface area contributed by atoms with E-state index >= 15 is 0 Å². The second-order valence-corrected chi connectivity index (χ2v) is 4.61. The molecule has 0 radical (unpaired) electrons. The fourth-order valence-corrected chi connectivity index (χ4v) is 2.33. The molecule has 2 N–H and O–H groups in total. The summed E-state index contributed by atoms with van der Waals surface area (Å²) in [6, 6.07) is 3.69. The summed E-state index contributed by atoms with van der Waals surface area (Å²) in [6.07, 6.45) is 2.01. The van der Waals surface area contributed by atoms with Gasteiger partial charge >= 0.3 is 0 Å². The molecule has 4 heteroatoms. The summed E-state index contributed by atoms with van der Waals surface area (Å²) >= 11 is 0. The first-order valence-corrected chi connectivity index (χ1v) is 5.79. The van der Waals surface area contributed by atoms with Crippen molar-refractivity contribution in [3.8, 4) is 0 Å². The Balaban J connectivity index is 2.08. The van der Waals surface area contributed by atoms with Gasteiger partial charge in [-0.3, -0.25) is 4.79 Å². The summed E-state index contributed by atoms with van der Waals surface area (Å²) in [5.41, 5.74) is 5.59. The monoisotopic (exact) mass is 239 g/mol. The maximum Gasteiger partial charge on any atom is 0.140 e. The van der Waals surface area contributed by atoms with Gasteiger partial charge in [0, 0.05) is 23.9 Å². The first kappa shape index (κ1) is 12.2. The van der Waals surface area contributed by atoms with Gasteiger partial charge in [0.15, 0.2) is 0 Å². The minimum atomic E-state index is -0.652. The Bertz CT molecular complexity index is 413. The molecule has 2 rings (SSSR count). The molecule has 1 saturated carbocycles. The van der Waals surface area contributed by atoms with E-state index in [-0.39, 0.29) is 29.7 Å². The average Bonchev–Trinajstić information content (AvgIpc) is 2.70. The maximum absolute atomic E-state index is 13.4. The predicted molar refractivity (Wildman–Crippen MR) is 60.4 cm³/mol. The summed E-state index contributed by atoms with van der Waals surface area (Å²) < 4.78 is 26.7. The molecule has 1 aliphatic rings. The number of hydrogen-bond acceptors (Lipinski definition) is 2. The standard InChI is InChI=1S/C13H15F2NO/c14-11-2-1-3-12(15)10(11)7-13(17)8-4-5-9(16)6-8/h1-3,8-9H,4-7,16H2. The van der Waals surface area contributed by atoms with Crippen molar-refractivity contribution in [2.75, 3.05) is 0 Å². The molecule has 2 atom stereocenters. The van der Waals surface area contributed by atoms with E-state index in [1.54, 1.807) is 0 Å². The van der Waals surface area contributed by atoms with Crippen LogP contribution in [0.3, 0.4) is 0 Å². The van der Waals surface area contributed by atoms with Crippen LogP contribution in [0.15, 0.2) is 18.2 Å². The second kappa shape index (κ2) is 4.92. The molecule has 92 valence electrons. The molecule has 17 heavy (non-hydrogen) atoms. The van der Waals surface area contributed by atoms with Gasteiger partial charge in [-0.2, -0.15) is 0 Å². The van der Waals surface area contributed by atoms with Crippen LogP contribution < -0.4 is 5.73 Å². The topological polar surface area (TPSA) is 43.1 Å². The van der Waals surface area contributed by atoms with Crippen LogP contribution in [0.1, 0.15) is 24.8 Å². The van der Waals surface area contributed by atoms with Gasteiger partial charge < -0.3 is 5.73 Å². The van der Waals surface area contributed by atoms with E-state index in [1.165, 1.54) is 18.2 Å². The molecule has 0 saturated heterocycles. The quantitative estimate of drug-likeness (QED) is 0.878. The molecule has 1 aromatic carbocycles. The van der Waals surface area contributed by atoms with Crippen molar-refractivity contribution in [1.82, 2.24) is 0 Å². The van der Waals surface area contributed by atoms with Crippen LogP contribution >= 0.6 is 0 Å². The average molecular weight is 239 g/mol. The molecule has 1 aliphatic carbocycles. The van der Waals surface area contributed by atoms with Crippen molar-refractivity contribution >= 4 is 5.78 Å². The normalized spacial score (nSPS) is 23.9. The number of rotatable bonds is 3. The van der Waals surface area contributed by atoms with Gasteiger partial charge in [-0.15, -0.1) is 0 Å². The van der Waals surface area contributed by atoms with Gasteiger partial charge in [0.25, 0.3) is 0 Å². The second-order valence-electron chi connectivity index (χ2n) is 4.61. The minimum Gasteiger partial charge on any atom is -0.328 e. The zero-order valence-corrected chi connectivity index (χ0v) is 9.46. The van der Waals surface area contributed by atoms with Gasteiger partial charge in [-0.25, -0.2) is 8.78 Å². The molecular formula is C13H15F2NO. The lowest BCUT2D eigenvalue weighted by atomic mass is 9.96. The lowest BCUT2D eigenvalue weighted by Crippen LogP contribution is -2.19. The van der Waals surface area contributed by atoms with E-state index < -0.39 is 11.6 Å². The van der Waals surface area contributed by atoms with E-state index in [1.807, 2.05) is 0 Å². The molecule has 2 nitrogen and oxygen atoms in total. The highest BCUT2D eigenvalue weighted by Gasteiger charge is 2.28. The first-order valence-electron chi connectivity index (χ1n) is 5.79. The van der Waals surface area contributed by atoms with Crippen molar-refractivity contribution in [3.05, 3.63) is 35.4 Å². The fourth-order valence-electron chi connectivity index (χ4n) is 2.33. The summed E-state index contributed by atoms with van der Waals surface area (Å²) in [5, 5.41) is 0. The van der Waals surface area contributed by atoms with E-state index in [2.05, 4.69) is 0 Å². The zero-order chi connectivity index (χ0) is 12.4. The van der Waals surface area contributed by atoms with Crippen LogP contribution in [0, 0.1) is 17.6 Å². The third-order valence-corrected chi connectivity index (χ3v) is 3.34. The first-order chi connectivity index (χ1) is 8.08. The predicted octanol–water partition coefficient (Wildman–Crippen LogP) is 2.20. The summed E-state index contributed by atoms with van der Waals surface area (Å²) in [6.45, 7) is 0. The zero-order valence-electron chi connectivity index (χ0n) is 9.46. The Morgan fingerprint density at radius 3 is 2.47 bits per heavy atom. The smallest absolute Gasteiger partial charge is 0.140 e. The highest BCUT2D eigenvalue weighted by atomic mass is 19.1. The van der Waals surface area contributed by atoms with E-state index in [9.17, 15) is 13.6 Å². The van der Waals surface area contributed by atoms with Gasteiger partial charge in [-0.1, -0.05) is 6.07 Å². The van der Waals surface area contributed by atoms with Crippen molar-refractivity contribution < 1.29 is 13.6 Å². The molecule has 0 heterocycles. The van der Waals surface area contributed by atoms with Crippen LogP contribution in [-0.4, -0.2) is 11.8 Å². The Kier molecular flexibility index (Phi) is 3.52. The molecule has 0 aliphatic heterocycles. The highest BCUT2D eigenvalue weighted by molar-refractivity contribution is 5.83. The SMILES string of the molecule is NC1CCC(C(=O)Cc2c(F)cccc2F)C1. The largest absolute Gasteiger partial charge is 0.328 e. The van der Waals surface area contributed by atoms with Gasteiger partial charge in [0.2, 0.25) is 0 Å². The van der Waals surface area contributed by atoms with Crippen LogP contribution in [0.4, 0.5) is 8.78 Å². The summed E-state index contributed by atoms with van der Waals surface area (Å²) in [4.78, 5) is 11.9. The third-order valence-electron chi connectivity index (χ3n) is 3.34. The van der Waals surface area contributed by atoms with Crippen LogP contribution in [0.2, 0.25) is 0 Å². The Hall–Kier alpha value is -1.29. The molecule has 0 bridgehead atoms. The number of carbonyl (C=O) groups excluding carboxylic acids is 1. The van der Waals surface area contributed by atoms with E-state index in [4.69, 9.17) is 5.73 Å². The number of halogens is 2. The van der Waals surface area contributed by atoms with E-state index in [0.717, 1.165) is 12.8 Å². The van der Waals surface area contributed by atoms with Gasteiger partial charge in [0.1, 0.15) is 17.4 Å². The molecule has 0 amide bonds. The number of benzene rings is 1. The fraction of sp³-hybridized carbons (Fsp3) is 0.462. The van der Waals surface area contributed by atoms with Crippen molar-refractivity contribution in [3.63, 3.8) is 0 Å². The molecule has 1 fully saturated rings. The molecule has 0 aromatic heterocycles. The number of nitrogens with two attached hydrogens (primary N) is 1. The van der Waals surface area contributed by atoms with Crippen LogP contribution in [0.25, 0.3) is 0 Å². The highest BCUT2D eigenvalue weighted by Crippen LogP contribution is 2.26. The lowest BCUT2D eigenvalue weighted by Gasteiger charge is -2.09. The van der Waals surface area contributed by atoms with Gasteiger partial charge in [0.05, 0.1) is 0 Å². The number of hydrogen-bond donors (Lipinski definition) is 1. The number of Topliss-reactive ketones (excluding diaryl/α,β-unsaturated/α-hetero) is 1. The van der Waals surface area contributed by atoms with Crippen molar-refractivity contribution in [1.29, 1.82) is 0 Å². The molecule has 0 spiro atoms. The van der Waals surface area contributed by atoms with Crippen molar-refractivity contribution in [2.45, 2.75) is 31.7 Å². The maximum atomic E-state index is 13.4. The van der Waals surface area contributed by atoms with Crippen LogP contribution in [0.5, 0.6) is 0 Å². The summed E-state index contributed by atoms with van der Waals surface area (Å²) in [5.74, 6) is -1.55. The molecular weight excluding hydrogens is 224 g/mol. The Morgan fingerprint density at radius 2 is 1.94 bits per heavy atom.